The molecule has 4 rings (SSSR count). The molecule has 10 nitrogen and oxygen atoms in total. The second kappa shape index (κ2) is 13.4. The van der Waals surface area contributed by atoms with Crippen molar-refractivity contribution in [3.63, 3.8) is 0 Å². The van der Waals surface area contributed by atoms with E-state index >= 15 is 0 Å². The van der Waals surface area contributed by atoms with Gasteiger partial charge >= 0.3 is 12.1 Å². The summed E-state index contributed by atoms with van der Waals surface area (Å²) in [6, 6.07) is 17.9. The molecular formula is C29H27F3N4O6. The third kappa shape index (κ3) is 7.11. The fraction of sp³-hybridized carbons (Fsp3) is 0.207. The maximum absolute atomic E-state index is 13.1. The molecule has 42 heavy (non-hydrogen) atoms. The van der Waals surface area contributed by atoms with Gasteiger partial charge in [0, 0.05) is 25.9 Å². The topological polar surface area (TPSA) is 124 Å². The summed E-state index contributed by atoms with van der Waals surface area (Å²) in [5.41, 5.74) is -0.902. The molecule has 13 heteroatoms. The van der Waals surface area contributed by atoms with E-state index in [0.717, 1.165) is 16.5 Å². The molecule has 2 aromatic carbocycles. The smallest absolute Gasteiger partial charge is 0.433 e. The molecule has 0 aliphatic heterocycles. The molecule has 2 aromatic heterocycles. The number of halogens is 3. The average Bonchev–Trinajstić information content (AvgIpc) is 2.97. The van der Waals surface area contributed by atoms with Gasteiger partial charge in [-0.25, -0.2) is 14.8 Å². The molecular weight excluding hydrogens is 557 g/mol. The molecule has 1 N–H and O–H groups in total. The Morgan fingerprint density at radius 2 is 1.62 bits per heavy atom. The van der Waals surface area contributed by atoms with Gasteiger partial charge in [0.1, 0.15) is 28.4 Å². The highest BCUT2D eigenvalue weighted by Crippen LogP contribution is 2.30. The number of hydrogen-bond donors (Lipinski definition) is 1. The minimum Gasteiger partial charge on any atom is -0.495 e. The zero-order chi connectivity index (χ0) is 31.0. The predicted octanol–water partition coefficient (Wildman–Crippen LogP) is 4.59. The minimum atomic E-state index is -4.64. The Morgan fingerprint density at radius 3 is 2.19 bits per heavy atom. The number of alkyl halides is 3. The van der Waals surface area contributed by atoms with Crippen molar-refractivity contribution in [2.24, 2.45) is 0 Å². The van der Waals surface area contributed by atoms with Gasteiger partial charge in [0.25, 0.3) is 11.5 Å². The van der Waals surface area contributed by atoms with Crippen LogP contribution in [0.2, 0.25) is 0 Å². The van der Waals surface area contributed by atoms with Crippen LogP contribution in [0, 0.1) is 0 Å². The Balaban J connectivity index is 0.000000260. The van der Waals surface area contributed by atoms with Crippen LogP contribution in [0.15, 0.2) is 77.7 Å². The Bertz CT molecular complexity index is 1620. The highest BCUT2D eigenvalue weighted by Gasteiger charge is 2.33. The number of carbonyl (C=O) groups excluding carboxylic acids is 2. The van der Waals surface area contributed by atoms with E-state index in [1.807, 2.05) is 30.3 Å². The Kier molecular flexibility index (Phi) is 10.0. The molecule has 0 spiro atoms. The van der Waals surface area contributed by atoms with Crippen LogP contribution in [0.5, 0.6) is 11.6 Å². The number of para-hydroxylation sites is 2. The molecule has 0 aliphatic carbocycles. The molecule has 4 aromatic rings. The van der Waals surface area contributed by atoms with Crippen molar-refractivity contribution >= 4 is 11.9 Å². The molecule has 0 bridgehead atoms. The molecule has 2 heterocycles. The number of esters is 1. The number of ether oxygens (including phenoxy) is 2. The summed E-state index contributed by atoms with van der Waals surface area (Å²) in [4.78, 5) is 45.1. The largest absolute Gasteiger partial charge is 0.495 e. The van der Waals surface area contributed by atoms with Gasteiger partial charge in [-0.15, -0.1) is 0 Å². The lowest BCUT2D eigenvalue weighted by molar-refractivity contribution is -0.141. The van der Waals surface area contributed by atoms with Crippen LogP contribution in [0.25, 0.3) is 17.1 Å². The lowest BCUT2D eigenvalue weighted by atomic mass is 10.2. The van der Waals surface area contributed by atoms with Crippen LogP contribution in [0.1, 0.15) is 33.3 Å². The van der Waals surface area contributed by atoms with Gasteiger partial charge < -0.3 is 19.5 Å². The molecule has 0 aliphatic rings. The molecule has 0 unspecified atom stereocenters. The van der Waals surface area contributed by atoms with Gasteiger partial charge in [-0.2, -0.15) is 13.2 Å². The van der Waals surface area contributed by atoms with Crippen LogP contribution in [-0.2, 0) is 10.9 Å². The van der Waals surface area contributed by atoms with Crippen molar-refractivity contribution in [1.82, 2.24) is 19.4 Å². The molecule has 1 amide bonds. The van der Waals surface area contributed by atoms with E-state index in [9.17, 15) is 32.7 Å². The van der Waals surface area contributed by atoms with Crippen LogP contribution in [-0.4, -0.2) is 64.2 Å². The highest BCUT2D eigenvalue weighted by molar-refractivity contribution is 5.95. The first-order valence-electron chi connectivity index (χ1n) is 12.4. The highest BCUT2D eigenvalue weighted by atomic mass is 19.4. The quantitative estimate of drug-likeness (QED) is 0.327. The molecule has 0 atom stereocenters. The van der Waals surface area contributed by atoms with Crippen molar-refractivity contribution in [3.05, 3.63) is 100 Å². The summed E-state index contributed by atoms with van der Waals surface area (Å²) >= 11 is 0. The number of hydrogen-bond acceptors (Lipinski definition) is 8. The number of methoxy groups -OCH3 is 1. The monoisotopic (exact) mass is 584 g/mol. The van der Waals surface area contributed by atoms with E-state index in [2.05, 4.69) is 9.97 Å². The van der Waals surface area contributed by atoms with Crippen LogP contribution in [0.3, 0.4) is 0 Å². The molecule has 0 saturated heterocycles. The third-order valence-corrected chi connectivity index (χ3v) is 5.62. The lowest BCUT2D eigenvalue weighted by Gasteiger charge is -2.16. The maximum atomic E-state index is 13.1. The number of carbonyl (C=O) groups is 2. The number of benzene rings is 2. The third-order valence-electron chi connectivity index (χ3n) is 5.62. The number of aromatic nitrogens is 3. The van der Waals surface area contributed by atoms with E-state index in [1.54, 1.807) is 31.2 Å². The van der Waals surface area contributed by atoms with Gasteiger partial charge in [-0.3, -0.25) is 14.2 Å². The first-order valence-corrected chi connectivity index (χ1v) is 12.4. The molecule has 0 fully saturated rings. The van der Waals surface area contributed by atoms with Gasteiger partial charge in [0.2, 0.25) is 5.88 Å². The van der Waals surface area contributed by atoms with E-state index in [-0.39, 0.29) is 17.7 Å². The number of nitrogens with zero attached hydrogens (tertiary/aromatic N) is 4. The number of rotatable bonds is 6. The normalized spacial score (nSPS) is 10.7. The van der Waals surface area contributed by atoms with Crippen LogP contribution >= 0.6 is 0 Å². The summed E-state index contributed by atoms with van der Waals surface area (Å²) in [6.45, 7) is 1.86. The van der Waals surface area contributed by atoms with Crippen LogP contribution in [0.4, 0.5) is 13.2 Å². The Hall–Kier alpha value is -5.20. The fourth-order valence-corrected chi connectivity index (χ4v) is 3.65. The van der Waals surface area contributed by atoms with E-state index in [1.165, 1.54) is 32.0 Å². The van der Waals surface area contributed by atoms with Crippen LogP contribution < -0.4 is 10.3 Å². The molecule has 0 saturated carbocycles. The number of pyridine rings is 1. The zero-order valence-electron chi connectivity index (χ0n) is 23.0. The van der Waals surface area contributed by atoms with Crippen molar-refractivity contribution in [3.8, 4) is 28.7 Å². The summed E-state index contributed by atoms with van der Waals surface area (Å²) in [6.07, 6.45) is -3.38. The Morgan fingerprint density at radius 1 is 0.976 bits per heavy atom. The summed E-state index contributed by atoms with van der Waals surface area (Å²) in [5.74, 6) is -1.33. The standard InChI is InChI=1S/C20H18N2O4.C9H9F3N2O2/c1-3-26-20(24)15-13-21-18(14-9-5-4-6-10-14)22(19(15)23)16-11-7-8-12-17(16)25-2;1-14(2)8(16)5-3-4-6(9(10,11)12)13-7(5)15/h4-13H,3H2,1-2H3;3-4H,1-2H3,(H,13,15). The van der Waals surface area contributed by atoms with Gasteiger partial charge in [0.15, 0.2) is 0 Å². The maximum Gasteiger partial charge on any atom is 0.433 e. The second-order valence-electron chi connectivity index (χ2n) is 8.66. The van der Waals surface area contributed by atoms with Crippen molar-refractivity contribution in [2.75, 3.05) is 27.8 Å². The average molecular weight is 585 g/mol. The van der Waals surface area contributed by atoms with Crippen molar-refractivity contribution in [2.45, 2.75) is 13.1 Å². The number of amides is 1. The second-order valence-corrected chi connectivity index (χ2v) is 8.66. The predicted molar refractivity (Wildman–Crippen MR) is 147 cm³/mol. The van der Waals surface area contributed by atoms with E-state index < -0.39 is 35.2 Å². The van der Waals surface area contributed by atoms with E-state index in [4.69, 9.17) is 9.47 Å². The molecule has 0 radical (unpaired) electrons. The zero-order valence-corrected chi connectivity index (χ0v) is 23.0. The fourth-order valence-electron chi connectivity index (χ4n) is 3.65. The Labute approximate surface area is 238 Å². The number of aromatic hydroxyl groups is 1. The molecule has 220 valence electrons. The van der Waals surface area contributed by atoms with Crippen molar-refractivity contribution < 1.29 is 37.3 Å². The van der Waals surface area contributed by atoms with Gasteiger partial charge in [-0.05, 0) is 31.2 Å². The van der Waals surface area contributed by atoms with Crippen molar-refractivity contribution in [1.29, 1.82) is 0 Å². The summed E-state index contributed by atoms with van der Waals surface area (Å²) < 4.78 is 48.3. The van der Waals surface area contributed by atoms with Gasteiger partial charge in [-0.1, -0.05) is 42.5 Å². The first-order chi connectivity index (χ1) is 19.9. The van der Waals surface area contributed by atoms with E-state index in [0.29, 0.717) is 23.3 Å². The minimum absolute atomic E-state index is 0.127. The first kappa shape index (κ1) is 31.3. The van der Waals surface area contributed by atoms with Gasteiger partial charge in [0.05, 0.1) is 19.4 Å². The summed E-state index contributed by atoms with van der Waals surface area (Å²) in [7, 11) is 4.35. The summed E-state index contributed by atoms with van der Waals surface area (Å²) in [5, 5.41) is 9.22. The SMILES string of the molecule is CCOC(=O)c1cnc(-c2ccccc2)n(-c2ccccc2OC)c1=O.CN(C)C(=O)c1ccc(C(F)(F)F)nc1O. The lowest BCUT2D eigenvalue weighted by Crippen LogP contribution is -2.28.